The number of nitro benzene ring substituents is 1. The molecule has 2 aliphatic rings. The SMILES string of the molecule is Cc1c(C(=O)N(Cc2ccccc2N)c2ccc(O)cc2)cc(-c2cc([N+](=O)[O-])ccc2C(=O)N2Cc3ccccc3C[C@H]2CN2CCO[I-]C2)n1C. The number of benzene rings is 4. The summed E-state index contributed by atoms with van der Waals surface area (Å²) in [6.07, 6.45) is 0.695. The van der Waals surface area contributed by atoms with Gasteiger partial charge in [-0.05, 0) is 35.9 Å². The second-order valence-electron chi connectivity index (χ2n) is 13.4. The molecule has 274 valence electrons. The van der Waals surface area contributed by atoms with Crippen molar-refractivity contribution < 1.29 is 44.3 Å². The van der Waals surface area contributed by atoms with Crippen molar-refractivity contribution in [3.05, 3.63) is 141 Å². The average molecular weight is 828 g/mol. The molecule has 0 saturated carbocycles. The van der Waals surface area contributed by atoms with E-state index in [9.17, 15) is 24.8 Å². The molecule has 5 aromatic rings. The van der Waals surface area contributed by atoms with Crippen molar-refractivity contribution in [3.8, 4) is 17.0 Å². The maximum absolute atomic E-state index is 14.8. The number of aromatic nitrogens is 1. The van der Waals surface area contributed by atoms with Gasteiger partial charge in [-0.25, -0.2) is 0 Å². The molecule has 0 spiro atoms. The summed E-state index contributed by atoms with van der Waals surface area (Å²) in [5.41, 5.74) is 12.4. The molecule has 0 aliphatic carbocycles. The van der Waals surface area contributed by atoms with Gasteiger partial charge in [0.1, 0.15) is 5.75 Å². The van der Waals surface area contributed by atoms with Gasteiger partial charge in [0.25, 0.3) is 0 Å². The fourth-order valence-electron chi connectivity index (χ4n) is 7.09. The van der Waals surface area contributed by atoms with Crippen LogP contribution in [-0.2, 0) is 29.6 Å². The van der Waals surface area contributed by atoms with Crippen molar-refractivity contribution in [2.45, 2.75) is 32.5 Å². The molecule has 1 saturated heterocycles. The predicted octanol–water partition coefficient (Wildman–Crippen LogP) is 2.90. The number of anilines is 2. The van der Waals surface area contributed by atoms with E-state index >= 15 is 0 Å². The number of hydrogen-bond donors (Lipinski definition) is 2. The van der Waals surface area contributed by atoms with Crippen LogP contribution in [0.1, 0.15) is 43.1 Å². The molecule has 13 heteroatoms. The number of hydrogen-bond acceptors (Lipinski definition) is 8. The molecule has 0 unspecified atom stereocenters. The molecule has 4 aromatic carbocycles. The predicted molar refractivity (Wildman–Crippen MR) is 198 cm³/mol. The molecule has 53 heavy (non-hydrogen) atoms. The average Bonchev–Trinajstić information content (AvgIpc) is 3.47. The van der Waals surface area contributed by atoms with Gasteiger partial charge < -0.3 is 15.7 Å². The van der Waals surface area contributed by atoms with Gasteiger partial charge in [-0.15, -0.1) is 0 Å². The summed E-state index contributed by atoms with van der Waals surface area (Å²) in [5.74, 6) is -0.501. The summed E-state index contributed by atoms with van der Waals surface area (Å²) in [5, 5.41) is 22.1. The number of para-hydroxylation sites is 1. The van der Waals surface area contributed by atoms with Crippen LogP contribution in [0.25, 0.3) is 11.3 Å². The number of phenolic OH excluding ortho intramolecular Hbond substituents is 1. The normalized spacial score (nSPS) is 16.0. The zero-order valence-corrected chi connectivity index (χ0v) is 31.6. The van der Waals surface area contributed by atoms with Crippen LogP contribution in [0.5, 0.6) is 5.75 Å². The number of rotatable bonds is 9. The third-order valence-electron chi connectivity index (χ3n) is 10.1. The number of phenols is 1. The number of aromatic hydroxyl groups is 1. The van der Waals surface area contributed by atoms with Crippen molar-refractivity contribution in [2.75, 3.05) is 34.9 Å². The van der Waals surface area contributed by atoms with Crippen LogP contribution >= 0.6 is 0 Å². The van der Waals surface area contributed by atoms with E-state index in [1.54, 1.807) is 46.8 Å². The Morgan fingerprint density at radius 2 is 1.74 bits per heavy atom. The van der Waals surface area contributed by atoms with Gasteiger partial charge in [0.2, 0.25) is 0 Å². The number of fused-ring (bicyclic) bond motifs is 1. The number of nitrogens with zero attached hydrogens (tertiary/aromatic N) is 5. The molecule has 7 rings (SSSR count). The van der Waals surface area contributed by atoms with Gasteiger partial charge in [-0.3, -0.25) is 4.79 Å². The van der Waals surface area contributed by atoms with Crippen molar-refractivity contribution in [1.82, 2.24) is 14.4 Å². The Morgan fingerprint density at radius 3 is 2.45 bits per heavy atom. The molecular weight excluding hydrogens is 787 g/mol. The molecule has 1 fully saturated rings. The van der Waals surface area contributed by atoms with Gasteiger partial charge in [-0.2, -0.15) is 0 Å². The Morgan fingerprint density at radius 1 is 1.00 bits per heavy atom. The Kier molecular flexibility index (Phi) is 10.5. The summed E-state index contributed by atoms with van der Waals surface area (Å²) < 4.78 is 8.38. The molecule has 1 aromatic heterocycles. The van der Waals surface area contributed by atoms with E-state index in [-0.39, 0.29) is 57.5 Å². The summed E-state index contributed by atoms with van der Waals surface area (Å²) in [4.78, 5) is 46.9. The number of alkyl halides is 1. The number of halogens is 1. The van der Waals surface area contributed by atoms with E-state index in [0.29, 0.717) is 65.6 Å². The van der Waals surface area contributed by atoms with Crippen LogP contribution in [0.3, 0.4) is 0 Å². The maximum atomic E-state index is 14.8. The Hall–Kier alpha value is -5.25. The zero-order chi connectivity index (χ0) is 37.2. The molecular formula is C40H40IN6O6-. The quantitative estimate of drug-likeness (QED) is 0.0577. The Labute approximate surface area is 318 Å². The van der Waals surface area contributed by atoms with E-state index in [4.69, 9.17) is 8.80 Å². The second kappa shape index (κ2) is 15.4. The van der Waals surface area contributed by atoms with Gasteiger partial charge in [0, 0.05) is 11.4 Å². The molecule has 12 nitrogen and oxygen atoms in total. The second-order valence-corrected chi connectivity index (χ2v) is 15.3. The number of amides is 2. The molecule has 3 heterocycles. The van der Waals surface area contributed by atoms with Crippen LogP contribution in [0.2, 0.25) is 0 Å². The molecule has 2 aliphatic heterocycles. The van der Waals surface area contributed by atoms with Crippen molar-refractivity contribution in [2.24, 2.45) is 7.05 Å². The minimum absolute atomic E-state index is 0.0623. The number of nitrogens with two attached hydrogens (primary N) is 1. The third kappa shape index (κ3) is 7.50. The monoisotopic (exact) mass is 827 g/mol. The van der Waals surface area contributed by atoms with Gasteiger partial charge in [-0.1, -0.05) is 18.2 Å². The summed E-state index contributed by atoms with van der Waals surface area (Å²) in [6, 6.07) is 27.8. The van der Waals surface area contributed by atoms with Crippen LogP contribution < -0.4 is 32.3 Å². The van der Waals surface area contributed by atoms with Crippen molar-refractivity contribution in [1.29, 1.82) is 0 Å². The van der Waals surface area contributed by atoms with Gasteiger partial charge in [0.05, 0.1) is 6.54 Å². The van der Waals surface area contributed by atoms with Gasteiger partial charge in [0.15, 0.2) is 0 Å². The fourth-order valence-corrected chi connectivity index (χ4v) is 8.81. The third-order valence-corrected chi connectivity index (χ3v) is 12.3. The first-order chi connectivity index (χ1) is 25.6. The number of carbonyl (C=O) groups excluding carboxylic acids is 2. The first kappa shape index (κ1) is 36.1. The molecule has 2 amide bonds. The first-order valence-electron chi connectivity index (χ1n) is 17.3. The van der Waals surface area contributed by atoms with E-state index in [0.717, 1.165) is 22.2 Å². The number of carbonyl (C=O) groups is 2. The van der Waals surface area contributed by atoms with E-state index in [1.165, 1.54) is 29.8 Å². The van der Waals surface area contributed by atoms with Crippen LogP contribution in [-0.4, -0.2) is 66.5 Å². The van der Waals surface area contributed by atoms with Crippen molar-refractivity contribution in [3.63, 3.8) is 0 Å². The summed E-state index contributed by atoms with van der Waals surface area (Å²) in [7, 11) is 1.79. The van der Waals surface area contributed by atoms with Crippen LogP contribution in [0.15, 0.2) is 97.1 Å². The van der Waals surface area contributed by atoms with Crippen molar-refractivity contribution >= 4 is 28.9 Å². The number of nitro groups is 1. The molecule has 3 N–H and O–H groups in total. The van der Waals surface area contributed by atoms with E-state index < -0.39 is 4.92 Å². The Balaban J connectivity index is 1.29. The van der Waals surface area contributed by atoms with Crippen LogP contribution in [0.4, 0.5) is 17.1 Å². The zero-order valence-electron chi connectivity index (χ0n) is 29.4. The fraction of sp³-hybridized carbons (Fsp3) is 0.250. The topological polar surface area (TPSA) is 147 Å². The van der Waals surface area contributed by atoms with E-state index in [2.05, 4.69) is 11.0 Å². The van der Waals surface area contributed by atoms with Gasteiger partial charge >= 0.3 is 221 Å². The molecule has 0 radical (unpaired) electrons. The summed E-state index contributed by atoms with van der Waals surface area (Å²) in [6.45, 7) is 4.57. The van der Waals surface area contributed by atoms with Crippen LogP contribution in [0, 0.1) is 17.0 Å². The Bertz CT molecular complexity index is 2180. The number of nitrogen functional groups attached to an aromatic ring is 1. The minimum atomic E-state index is -0.474. The molecule has 1 atom stereocenters. The standard InChI is InChI=1S/C40H40IN6O6/c1-26-35(40(50)45(30-11-14-33(48)15-12-30)23-29-9-5-6-10-37(29)42)21-38(43(26)2)36-20-31(47(51)52)13-16-34(36)39(49)46-22-28-8-4-3-7-27(28)19-32(46)24-44-17-18-53-41-25-44/h3-16,20-21,32,48H,17-19,22-25,42H2,1-2H3/q-1/t32-/m0/s1. The number of non-ortho nitro benzene ring substituents is 1. The van der Waals surface area contributed by atoms with E-state index in [1.807, 2.05) is 48.2 Å². The summed E-state index contributed by atoms with van der Waals surface area (Å²) >= 11 is -0.370. The first-order valence-corrected chi connectivity index (χ1v) is 19.7. The molecule has 0 bridgehead atoms.